The Labute approximate surface area is 106 Å². The third-order valence-electron chi connectivity index (χ3n) is 2.33. The SMILES string of the molecule is CCOC(=O)N(Nc1ccccc1)C1=NCCN1. The first kappa shape index (κ1) is 12.2. The normalized spacial score (nSPS) is 13.5. The van der Waals surface area contributed by atoms with E-state index in [1.54, 1.807) is 6.92 Å². The van der Waals surface area contributed by atoms with E-state index in [0.29, 0.717) is 19.1 Å². The van der Waals surface area contributed by atoms with Crippen LogP contribution in [0.2, 0.25) is 0 Å². The molecule has 0 unspecified atom stereocenters. The van der Waals surface area contributed by atoms with Crippen LogP contribution in [0.1, 0.15) is 6.92 Å². The summed E-state index contributed by atoms with van der Waals surface area (Å²) in [6.07, 6.45) is -0.477. The molecule has 0 atom stereocenters. The number of hydrogen-bond acceptors (Lipinski definition) is 5. The van der Waals surface area contributed by atoms with Crippen LogP contribution >= 0.6 is 0 Å². The van der Waals surface area contributed by atoms with E-state index in [-0.39, 0.29) is 0 Å². The summed E-state index contributed by atoms with van der Waals surface area (Å²) in [5, 5.41) is 4.31. The molecule has 0 saturated heterocycles. The second kappa shape index (κ2) is 5.90. The third kappa shape index (κ3) is 2.91. The average Bonchev–Trinajstić information content (AvgIpc) is 2.91. The maximum atomic E-state index is 11.9. The van der Waals surface area contributed by atoms with Gasteiger partial charge in [-0.05, 0) is 19.1 Å². The summed E-state index contributed by atoms with van der Waals surface area (Å²) in [7, 11) is 0. The third-order valence-corrected chi connectivity index (χ3v) is 2.33. The van der Waals surface area contributed by atoms with E-state index in [0.717, 1.165) is 12.2 Å². The number of guanidine groups is 1. The van der Waals surface area contributed by atoms with Crippen LogP contribution < -0.4 is 10.7 Å². The second-order valence-corrected chi connectivity index (χ2v) is 3.64. The van der Waals surface area contributed by atoms with Crippen LogP contribution in [0.4, 0.5) is 10.5 Å². The van der Waals surface area contributed by atoms with Gasteiger partial charge in [0.25, 0.3) is 0 Å². The number of carbonyl (C=O) groups excluding carboxylic acids is 1. The van der Waals surface area contributed by atoms with E-state index in [2.05, 4.69) is 15.7 Å². The lowest BCUT2D eigenvalue weighted by atomic mass is 10.3. The Morgan fingerprint density at radius 1 is 1.50 bits per heavy atom. The maximum absolute atomic E-state index is 11.9. The zero-order valence-corrected chi connectivity index (χ0v) is 10.2. The minimum atomic E-state index is -0.477. The predicted molar refractivity (Wildman–Crippen MR) is 69.2 cm³/mol. The molecular weight excluding hydrogens is 232 g/mol. The Hall–Kier alpha value is -2.24. The molecule has 0 fully saturated rings. The number of amides is 1. The number of ether oxygens (including phenoxy) is 1. The first-order valence-electron chi connectivity index (χ1n) is 5.88. The monoisotopic (exact) mass is 248 g/mol. The summed E-state index contributed by atoms with van der Waals surface area (Å²) in [6.45, 7) is 3.46. The number of benzene rings is 1. The highest BCUT2D eigenvalue weighted by molar-refractivity contribution is 5.96. The summed E-state index contributed by atoms with van der Waals surface area (Å²) in [5.41, 5.74) is 3.76. The van der Waals surface area contributed by atoms with Crippen LogP contribution in [0.5, 0.6) is 0 Å². The maximum Gasteiger partial charge on any atom is 0.436 e. The first-order chi connectivity index (χ1) is 8.81. The molecular formula is C12H16N4O2. The summed E-state index contributed by atoms with van der Waals surface area (Å²) in [4.78, 5) is 16.1. The summed E-state index contributed by atoms with van der Waals surface area (Å²) < 4.78 is 4.99. The van der Waals surface area contributed by atoms with Crippen molar-refractivity contribution in [1.82, 2.24) is 10.3 Å². The molecule has 0 spiro atoms. The molecule has 0 aliphatic carbocycles. The van der Waals surface area contributed by atoms with Crippen molar-refractivity contribution in [2.24, 2.45) is 4.99 Å². The van der Waals surface area contributed by atoms with Crippen molar-refractivity contribution in [3.05, 3.63) is 30.3 Å². The van der Waals surface area contributed by atoms with Gasteiger partial charge in [0.1, 0.15) is 0 Å². The Morgan fingerprint density at radius 3 is 2.89 bits per heavy atom. The standard InChI is InChI=1S/C12H16N4O2/c1-2-18-12(17)16(11-13-8-9-14-11)15-10-6-4-3-5-7-10/h3-7,15H,2,8-9H2,1H3,(H,13,14). The van der Waals surface area contributed by atoms with Crippen molar-refractivity contribution in [3.63, 3.8) is 0 Å². The molecule has 6 nitrogen and oxygen atoms in total. The van der Waals surface area contributed by atoms with Gasteiger partial charge >= 0.3 is 6.09 Å². The summed E-state index contributed by atoms with van der Waals surface area (Å²) in [5.74, 6) is 0.484. The van der Waals surface area contributed by atoms with Gasteiger partial charge in [-0.25, -0.2) is 9.79 Å². The van der Waals surface area contributed by atoms with Gasteiger partial charge < -0.3 is 10.1 Å². The van der Waals surface area contributed by atoms with Crippen LogP contribution in [-0.4, -0.2) is 36.8 Å². The van der Waals surface area contributed by atoms with Gasteiger partial charge in [-0.15, -0.1) is 0 Å². The summed E-state index contributed by atoms with van der Waals surface area (Å²) >= 11 is 0. The van der Waals surface area contributed by atoms with Crippen molar-refractivity contribution in [2.75, 3.05) is 25.1 Å². The highest BCUT2D eigenvalue weighted by Crippen LogP contribution is 2.09. The number of nitrogens with one attached hydrogen (secondary N) is 2. The number of para-hydroxylation sites is 1. The zero-order valence-electron chi connectivity index (χ0n) is 10.2. The van der Waals surface area contributed by atoms with Gasteiger partial charge in [0, 0.05) is 6.54 Å². The fourth-order valence-corrected chi connectivity index (χ4v) is 1.55. The quantitative estimate of drug-likeness (QED) is 0.794. The Kier molecular flexibility index (Phi) is 4.01. The molecule has 0 bridgehead atoms. The molecule has 2 N–H and O–H groups in total. The van der Waals surface area contributed by atoms with Gasteiger partial charge in [-0.2, -0.15) is 5.01 Å². The van der Waals surface area contributed by atoms with Gasteiger partial charge in [-0.1, -0.05) is 18.2 Å². The van der Waals surface area contributed by atoms with E-state index in [9.17, 15) is 4.79 Å². The molecule has 2 rings (SSSR count). The molecule has 1 aromatic carbocycles. The highest BCUT2D eigenvalue weighted by atomic mass is 16.6. The van der Waals surface area contributed by atoms with Crippen molar-refractivity contribution in [1.29, 1.82) is 0 Å². The molecule has 18 heavy (non-hydrogen) atoms. The van der Waals surface area contributed by atoms with Gasteiger partial charge in [0.05, 0.1) is 18.8 Å². The number of hydrogen-bond donors (Lipinski definition) is 2. The van der Waals surface area contributed by atoms with E-state index < -0.39 is 6.09 Å². The van der Waals surface area contributed by atoms with Crippen LogP contribution in [-0.2, 0) is 4.74 Å². The lowest BCUT2D eigenvalue weighted by Crippen LogP contribution is -2.46. The number of rotatable bonds is 3. The highest BCUT2D eigenvalue weighted by Gasteiger charge is 2.23. The zero-order chi connectivity index (χ0) is 12.8. The number of carbonyl (C=O) groups is 1. The first-order valence-corrected chi connectivity index (χ1v) is 5.88. The Morgan fingerprint density at radius 2 is 2.28 bits per heavy atom. The smallest absolute Gasteiger partial charge is 0.436 e. The second-order valence-electron chi connectivity index (χ2n) is 3.64. The van der Waals surface area contributed by atoms with E-state index in [1.807, 2.05) is 30.3 Å². The number of aliphatic imine (C=N–C) groups is 1. The van der Waals surface area contributed by atoms with Crippen molar-refractivity contribution >= 4 is 17.7 Å². The van der Waals surface area contributed by atoms with Crippen molar-refractivity contribution in [2.45, 2.75) is 6.92 Å². The molecule has 6 heteroatoms. The topological polar surface area (TPSA) is 66.0 Å². The van der Waals surface area contributed by atoms with E-state index >= 15 is 0 Å². The van der Waals surface area contributed by atoms with E-state index in [1.165, 1.54) is 5.01 Å². The lowest BCUT2D eigenvalue weighted by Gasteiger charge is -2.22. The fraction of sp³-hybridized carbons (Fsp3) is 0.333. The molecule has 96 valence electrons. The molecule has 1 aliphatic rings. The van der Waals surface area contributed by atoms with Gasteiger partial charge in [-0.3, -0.25) is 5.43 Å². The number of nitrogens with zero attached hydrogens (tertiary/aromatic N) is 2. The predicted octanol–water partition coefficient (Wildman–Crippen LogP) is 1.43. The minimum absolute atomic E-state index is 0.319. The molecule has 1 aliphatic heterocycles. The van der Waals surface area contributed by atoms with Crippen molar-refractivity contribution < 1.29 is 9.53 Å². The molecule has 1 amide bonds. The number of anilines is 1. The minimum Gasteiger partial charge on any atom is -0.448 e. The molecule has 1 heterocycles. The van der Waals surface area contributed by atoms with Crippen LogP contribution in [0.3, 0.4) is 0 Å². The largest absolute Gasteiger partial charge is 0.448 e. The van der Waals surface area contributed by atoms with Crippen LogP contribution in [0, 0.1) is 0 Å². The number of hydrazine groups is 1. The average molecular weight is 248 g/mol. The molecule has 0 saturated carbocycles. The van der Waals surface area contributed by atoms with E-state index in [4.69, 9.17) is 4.74 Å². The Balaban J connectivity index is 2.12. The molecule has 0 radical (unpaired) electrons. The summed E-state index contributed by atoms with van der Waals surface area (Å²) in [6, 6.07) is 9.40. The van der Waals surface area contributed by atoms with Crippen LogP contribution in [0.25, 0.3) is 0 Å². The van der Waals surface area contributed by atoms with Gasteiger partial charge in [0.2, 0.25) is 5.96 Å². The van der Waals surface area contributed by atoms with Crippen molar-refractivity contribution in [3.8, 4) is 0 Å². The molecule has 1 aromatic rings. The lowest BCUT2D eigenvalue weighted by molar-refractivity contribution is 0.132. The molecule has 0 aromatic heterocycles. The van der Waals surface area contributed by atoms with Crippen LogP contribution in [0.15, 0.2) is 35.3 Å². The Bertz CT molecular complexity index is 433. The van der Waals surface area contributed by atoms with Gasteiger partial charge in [0.15, 0.2) is 0 Å². The fourth-order valence-electron chi connectivity index (χ4n) is 1.55.